The molecule has 0 bridgehead atoms. The van der Waals surface area contributed by atoms with Crippen LogP contribution in [0, 0.1) is 17.8 Å². The first-order valence-electron chi connectivity index (χ1n) is 4.20. The third-order valence-electron chi connectivity index (χ3n) is 2.57. The Morgan fingerprint density at radius 3 is 2.43 bits per heavy atom. The van der Waals surface area contributed by atoms with Gasteiger partial charge in [0.05, 0.1) is 12.5 Å². The Hall–Kier alpha value is -1.14. The van der Waals surface area contributed by atoms with Crippen LogP contribution in [0.2, 0.25) is 0 Å². The summed E-state index contributed by atoms with van der Waals surface area (Å²) >= 11 is 0. The molecule has 0 aliphatic heterocycles. The molecule has 4 N–H and O–H groups in total. The van der Waals surface area contributed by atoms with Crippen LogP contribution in [0.15, 0.2) is 0 Å². The quantitative estimate of drug-likeness (QED) is 0.528. The zero-order valence-electron chi connectivity index (χ0n) is 7.71. The summed E-state index contributed by atoms with van der Waals surface area (Å²) in [6.07, 6.45) is 0. The lowest BCUT2D eigenvalue weighted by Crippen LogP contribution is -2.34. The number of rotatable bonds is 5. The first kappa shape index (κ1) is 10.9. The summed E-state index contributed by atoms with van der Waals surface area (Å²) in [5.41, 5.74) is 5.35. The van der Waals surface area contributed by atoms with Gasteiger partial charge in [0.2, 0.25) is 0 Å². The average Bonchev–Trinajstić information content (AvgIpc) is 2.78. The van der Waals surface area contributed by atoms with Crippen LogP contribution in [-0.4, -0.2) is 41.9 Å². The van der Waals surface area contributed by atoms with Crippen molar-refractivity contribution in [3.8, 4) is 0 Å². The highest BCUT2D eigenvalue weighted by molar-refractivity contribution is 5.80. The average molecular weight is 203 g/mol. The Balaban J connectivity index is 2.62. The van der Waals surface area contributed by atoms with E-state index in [4.69, 9.17) is 20.7 Å². The zero-order chi connectivity index (χ0) is 10.9. The lowest BCUT2D eigenvalue weighted by molar-refractivity contribution is -0.140. The van der Waals surface area contributed by atoms with Crippen molar-refractivity contribution in [2.45, 2.75) is 6.04 Å². The Morgan fingerprint density at radius 1 is 1.50 bits per heavy atom. The maximum absolute atomic E-state index is 10.7. The van der Waals surface area contributed by atoms with Gasteiger partial charge in [0.1, 0.15) is 6.04 Å². The highest BCUT2D eigenvalue weighted by atomic mass is 16.5. The third-order valence-corrected chi connectivity index (χ3v) is 2.57. The number of hydrogen-bond acceptors (Lipinski definition) is 4. The monoisotopic (exact) mass is 203 g/mol. The second-order valence-corrected chi connectivity index (χ2v) is 3.42. The molecule has 0 aromatic rings. The molecule has 1 aliphatic rings. The number of ether oxygens (including phenoxy) is 1. The van der Waals surface area contributed by atoms with Gasteiger partial charge in [-0.25, -0.2) is 0 Å². The van der Waals surface area contributed by atoms with Gasteiger partial charge in [0.25, 0.3) is 0 Å². The molecule has 6 heteroatoms. The summed E-state index contributed by atoms with van der Waals surface area (Å²) in [6, 6.07) is -1.11. The Kier molecular flexibility index (Phi) is 3.07. The van der Waals surface area contributed by atoms with Gasteiger partial charge in [-0.3, -0.25) is 9.59 Å². The van der Waals surface area contributed by atoms with Gasteiger partial charge in [-0.05, 0) is 0 Å². The molecule has 1 rings (SSSR count). The van der Waals surface area contributed by atoms with E-state index in [0.29, 0.717) is 0 Å². The molecule has 1 saturated carbocycles. The fraction of sp³-hybridized carbons (Fsp3) is 0.750. The standard InChI is InChI=1S/C8H13NO5/c1-14-2-3-4(5(3)7(10)11)6(9)8(12)13/h3-6H,2,9H2,1H3,(H,10,11)(H,12,13)/t3-,4-,5-,6-/m0/s1. The number of carbonyl (C=O) groups is 2. The first-order valence-corrected chi connectivity index (χ1v) is 4.20. The highest BCUT2D eigenvalue weighted by Crippen LogP contribution is 2.48. The molecule has 6 nitrogen and oxygen atoms in total. The van der Waals surface area contributed by atoms with Crippen molar-refractivity contribution >= 4 is 11.9 Å². The second kappa shape index (κ2) is 3.93. The molecule has 1 aliphatic carbocycles. The van der Waals surface area contributed by atoms with Crippen LogP contribution in [0.3, 0.4) is 0 Å². The fourth-order valence-corrected chi connectivity index (χ4v) is 1.81. The van der Waals surface area contributed by atoms with E-state index in [9.17, 15) is 9.59 Å². The molecule has 0 amide bonds. The van der Waals surface area contributed by atoms with Crippen LogP contribution in [0.4, 0.5) is 0 Å². The van der Waals surface area contributed by atoms with Gasteiger partial charge >= 0.3 is 11.9 Å². The van der Waals surface area contributed by atoms with Gasteiger partial charge in [0.15, 0.2) is 0 Å². The minimum absolute atomic E-state index is 0.239. The highest BCUT2D eigenvalue weighted by Gasteiger charge is 2.59. The van der Waals surface area contributed by atoms with E-state index in [1.807, 2.05) is 0 Å². The summed E-state index contributed by atoms with van der Waals surface area (Å²) in [6.45, 7) is 0.239. The molecule has 14 heavy (non-hydrogen) atoms. The van der Waals surface area contributed by atoms with Crippen LogP contribution in [0.1, 0.15) is 0 Å². The lowest BCUT2D eigenvalue weighted by Gasteiger charge is -2.03. The smallest absolute Gasteiger partial charge is 0.320 e. The van der Waals surface area contributed by atoms with Gasteiger partial charge in [-0.1, -0.05) is 0 Å². The summed E-state index contributed by atoms with van der Waals surface area (Å²) < 4.78 is 4.79. The van der Waals surface area contributed by atoms with E-state index in [1.165, 1.54) is 7.11 Å². The van der Waals surface area contributed by atoms with E-state index in [2.05, 4.69) is 0 Å². The minimum atomic E-state index is -1.17. The molecule has 0 unspecified atom stereocenters. The summed E-state index contributed by atoms with van der Waals surface area (Å²) in [5, 5.41) is 17.4. The van der Waals surface area contributed by atoms with Gasteiger partial charge in [0, 0.05) is 18.9 Å². The molecule has 0 spiro atoms. The molecule has 0 heterocycles. The third kappa shape index (κ3) is 1.85. The second-order valence-electron chi connectivity index (χ2n) is 3.42. The van der Waals surface area contributed by atoms with E-state index in [0.717, 1.165) is 0 Å². The Morgan fingerprint density at radius 2 is 2.07 bits per heavy atom. The Bertz CT molecular complexity index is 254. The first-order chi connectivity index (χ1) is 6.50. The van der Waals surface area contributed by atoms with Gasteiger partial charge in [-0.2, -0.15) is 0 Å². The van der Waals surface area contributed by atoms with Crippen LogP contribution in [-0.2, 0) is 14.3 Å². The van der Waals surface area contributed by atoms with Gasteiger partial charge in [-0.15, -0.1) is 0 Å². The van der Waals surface area contributed by atoms with Crippen LogP contribution >= 0.6 is 0 Å². The maximum atomic E-state index is 10.7. The molecule has 0 radical (unpaired) electrons. The normalized spacial score (nSPS) is 32.3. The minimum Gasteiger partial charge on any atom is -0.481 e. The summed E-state index contributed by atoms with van der Waals surface area (Å²) in [4.78, 5) is 21.2. The summed E-state index contributed by atoms with van der Waals surface area (Å²) in [5.74, 6) is -3.64. The van der Waals surface area contributed by atoms with Crippen LogP contribution < -0.4 is 5.73 Å². The number of aliphatic carboxylic acids is 2. The SMILES string of the molecule is COC[C@@H]1[C@H](C(=O)O)[C@H]1[C@H](N)C(=O)O. The lowest BCUT2D eigenvalue weighted by atomic mass is 10.1. The fourth-order valence-electron chi connectivity index (χ4n) is 1.81. The van der Waals surface area contributed by atoms with E-state index in [1.54, 1.807) is 0 Å². The van der Waals surface area contributed by atoms with Crippen LogP contribution in [0.25, 0.3) is 0 Å². The number of nitrogens with two attached hydrogens (primary N) is 1. The van der Waals surface area contributed by atoms with Crippen molar-refractivity contribution in [3.05, 3.63) is 0 Å². The molecular formula is C8H13NO5. The zero-order valence-corrected chi connectivity index (χ0v) is 7.71. The molecule has 4 atom stereocenters. The predicted octanol–water partition coefficient (Wildman–Crippen LogP) is -1.01. The Labute approximate surface area is 80.7 Å². The topological polar surface area (TPSA) is 110 Å². The van der Waals surface area contributed by atoms with Crippen molar-refractivity contribution < 1.29 is 24.5 Å². The number of carboxylic acid groups (broad SMARTS) is 2. The molecule has 0 aromatic heterocycles. The van der Waals surface area contributed by atoms with Crippen molar-refractivity contribution in [2.24, 2.45) is 23.5 Å². The molecule has 1 fully saturated rings. The van der Waals surface area contributed by atoms with Crippen molar-refractivity contribution in [1.82, 2.24) is 0 Å². The summed E-state index contributed by atoms with van der Waals surface area (Å²) in [7, 11) is 1.45. The number of hydrogen-bond donors (Lipinski definition) is 3. The van der Waals surface area contributed by atoms with E-state index >= 15 is 0 Å². The largest absolute Gasteiger partial charge is 0.481 e. The molecule has 0 aromatic carbocycles. The van der Waals surface area contributed by atoms with Crippen molar-refractivity contribution in [3.63, 3.8) is 0 Å². The van der Waals surface area contributed by atoms with Crippen LogP contribution in [0.5, 0.6) is 0 Å². The molecule has 0 saturated heterocycles. The van der Waals surface area contributed by atoms with Crippen molar-refractivity contribution in [2.75, 3.05) is 13.7 Å². The maximum Gasteiger partial charge on any atom is 0.320 e. The van der Waals surface area contributed by atoms with Gasteiger partial charge < -0.3 is 20.7 Å². The predicted molar refractivity (Wildman–Crippen MR) is 45.6 cm³/mol. The van der Waals surface area contributed by atoms with E-state index < -0.39 is 29.8 Å². The number of carboxylic acids is 2. The molecular weight excluding hydrogens is 190 g/mol. The number of methoxy groups -OCH3 is 1. The van der Waals surface area contributed by atoms with Crippen molar-refractivity contribution in [1.29, 1.82) is 0 Å². The molecule has 80 valence electrons. The van der Waals surface area contributed by atoms with E-state index in [-0.39, 0.29) is 12.5 Å².